The number of nitrogens with two attached hydrogens (primary N) is 1. The van der Waals surface area contributed by atoms with Gasteiger partial charge < -0.3 is 4.90 Å². The van der Waals surface area contributed by atoms with Crippen LogP contribution >= 0.6 is 0 Å². The zero-order chi connectivity index (χ0) is 10.4. The maximum absolute atomic E-state index is 5.46. The molecule has 0 amide bonds. The third-order valence-corrected chi connectivity index (χ3v) is 2.63. The number of rotatable bonds is 3. The Morgan fingerprint density at radius 2 is 2.43 bits per heavy atom. The standard InChI is InChI=1S/C10H22N4/c1-3-4-6-12-10(13-11)14-7-5-9(2)8-14/h9H,3-8,11H2,1-2H3,(H,12,13). The fraction of sp³-hybridized carbons (Fsp3) is 0.900. The second kappa shape index (κ2) is 5.86. The third kappa shape index (κ3) is 3.18. The van der Waals surface area contributed by atoms with Crippen LogP contribution in [0, 0.1) is 5.92 Å². The summed E-state index contributed by atoms with van der Waals surface area (Å²) in [5.41, 5.74) is 2.70. The maximum Gasteiger partial charge on any atom is 0.208 e. The van der Waals surface area contributed by atoms with E-state index in [1.165, 1.54) is 12.8 Å². The number of aliphatic imine (C=N–C) groups is 1. The second-order valence-corrected chi connectivity index (χ2v) is 4.04. The van der Waals surface area contributed by atoms with Gasteiger partial charge in [0.1, 0.15) is 0 Å². The normalized spacial score (nSPS) is 22.9. The molecule has 1 atom stereocenters. The summed E-state index contributed by atoms with van der Waals surface area (Å²) in [4.78, 5) is 6.69. The maximum atomic E-state index is 5.46. The molecule has 0 saturated carbocycles. The van der Waals surface area contributed by atoms with Crippen molar-refractivity contribution in [1.29, 1.82) is 0 Å². The summed E-state index contributed by atoms with van der Waals surface area (Å²) < 4.78 is 0. The van der Waals surface area contributed by atoms with Gasteiger partial charge in [0.05, 0.1) is 0 Å². The smallest absolute Gasteiger partial charge is 0.208 e. The first kappa shape index (κ1) is 11.3. The Hall–Kier alpha value is -0.770. The lowest BCUT2D eigenvalue weighted by atomic mass is 10.2. The van der Waals surface area contributed by atoms with E-state index in [1.54, 1.807) is 0 Å². The van der Waals surface area contributed by atoms with Gasteiger partial charge >= 0.3 is 0 Å². The largest absolute Gasteiger partial charge is 0.342 e. The molecule has 0 aliphatic carbocycles. The molecule has 1 aliphatic rings. The Morgan fingerprint density at radius 1 is 1.64 bits per heavy atom. The van der Waals surface area contributed by atoms with E-state index in [2.05, 4.69) is 29.2 Å². The van der Waals surface area contributed by atoms with E-state index >= 15 is 0 Å². The lowest BCUT2D eigenvalue weighted by molar-refractivity contribution is 0.472. The molecule has 0 radical (unpaired) electrons. The van der Waals surface area contributed by atoms with Crippen LogP contribution in [0.5, 0.6) is 0 Å². The van der Waals surface area contributed by atoms with E-state index in [0.29, 0.717) is 0 Å². The van der Waals surface area contributed by atoms with Crippen LogP contribution < -0.4 is 11.3 Å². The molecule has 0 aromatic heterocycles. The van der Waals surface area contributed by atoms with Crippen LogP contribution in [-0.4, -0.2) is 30.5 Å². The lowest BCUT2D eigenvalue weighted by Crippen LogP contribution is -2.43. The minimum Gasteiger partial charge on any atom is -0.342 e. The van der Waals surface area contributed by atoms with E-state index in [9.17, 15) is 0 Å². The summed E-state index contributed by atoms with van der Waals surface area (Å²) in [6.07, 6.45) is 3.56. The first-order chi connectivity index (χ1) is 6.77. The number of unbranched alkanes of at least 4 members (excludes halogenated alkanes) is 1. The Bertz CT molecular complexity index is 191. The van der Waals surface area contributed by atoms with Gasteiger partial charge in [-0.15, -0.1) is 0 Å². The van der Waals surface area contributed by atoms with Crippen LogP contribution in [0.25, 0.3) is 0 Å². The van der Waals surface area contributed by atoms with Crippen molar-refractivity contribution in [2.24, 2.45) is 16.8 Å². The zero-order valence-corrected chi connectivity index (χ0v) is 9.29. The minimum atomic E-state index is 0.764. The average Bonchev–Trinajstić information content (AvgIpc) is 2.60. The lowest BCUT2D eigenvalue weighted by Gasteiger charge is -2.19. The van der Waals surface area contributed by atoms with Gasteiger partial charge in [0.15, 0.2) is 0 Å². The van der Waals surface area contributed by atoms with Crippen LogP contribution in [0.3, 0.4) is 0 Å². The predicted octanol–water partition coefficient (Wildman–Crippen LogP) is 0.948. The van der Waals surface area contributed by atoms with Gasteiger partial charge in [-0.3, -0.25) is 10.4 Å². The summed E-state index contributed by atoms with van der Waals surface area (Å²) in [5, 5.41) is 0. The van der Waals surface area contributed by atoms with Crippen molar-refractivity contribution in [1.82, 2.24) is 10.3 Å². The molecule has 0 aromatic carbocycles. The number of likely N-dealkylation sites (tertiary alicyclic amines) is 1. The number of nitrogens with zero attached hydrogens (tertiary/aromatic N) is 2. The zero-order valence-electron chi connectivity index (χ0n) is 9.29. The molecular formula is C10H22N4. The molecule has 14 heavy (non-hydrogen) atoms. The first-order valence-corrected chi connectivity index (χ1v) is 5.54. The summed E-state index contributed by atoms with van der Waals surface area (Å²) in [5.74, 6) is 7.09. The fourth-order valence-electron chi connectivity index (χ4n) is 1.71. The third-order valence-electron chi connectivity index (χ3n) is 2.63. The highest BCUT2D eigenvalue weighted by Gasteiger charge is 2.20. The molecule has 4 nitrogen and oxygen atoms in total. The van der Waals surface area contributed by atoms with E-state index in [0.717, 1.165) is 37.9 Å². The summed E-state index contributed by atoms with van der Waals surface area (Å²) in [6.45, 7) is 7.47. The molecule has 1 aliphatic heterocycles. The summed E-state index contributed by atoms with van der Waals surface area (Å²) >= 11 is 0. The van der Waals surface area contributed by atoms with Crippen molar-refractivity contribution in [3.63, 3.8) is 0 Å². The minimum absolute atomic E-state index is 0.764. The van der Waals surface area contributed by atoms with Gasteiger partial charge in [0, 0.05) is 19.6 Å². The molecule has 1 fully saturated rings. The van der Waals surface area contributed by atoms with E-state index in [-0.39, 0.29) is 0 Å². The summed E-state index contributed by atoms with van der Waals surface area (Å²) in [6, 6.07) is 0. The number of hydrogen-bond acceptors (Lipinski definition) is 2. The topological polar surface area (TPSA) is 53.6 Å². The number of hydrazine groups is 1. The van der Waals surface area contributed by atoms with Crippen molar-refractivity contribution in [3.8, 4) is 0 Å². The average molecular weight is 198 g/mol. The van der Waals surface area contributed by atoms with Crippen LogP contribution in [0.1, 0.15) is 33.1 Å². The number of guanidine groups is 1. The molecular weight excluding hydrogens is 176 g/mol. The van der Waals surface area contributed by atoms with Crippen LogP contribution in [0.2, 0.25) is 0 Å². The number of nitrogens with one attached hydrogen (secondary N) is 1. The van der Waals surface area contributed by atoms with Crippen molar-refractivity contribution in [2.45, 2.75) is 33.1 Å². The molecule has 1 saturated heterocycles. The van der Waals surface area contributed by atoms with Gasteiger partial charge in [0.25, 0.3) is 0 Å². The Labute approximate surface area is 86.5 Å². The molecule has 0 spiro atoms. The van der Waals surface area contributed by atoms with E-state index < -0.39 is 0 Å². The van der Waals surface area contributed by atoms with Crippen molar-refractivity contribution in [2.75, 3.05) is 19.6 Å². The van der Waals surface area contributed by atoms with Gasteiger partial charge in [0.2, 0.25) is 5.96 Å². The molecule has 1 heterocycles. The Balaban J connectivity index is 2.40. The van der Waals surface area contributed by atoms with Crippen LogP contribution in [0.4, 0.5) is 0 Å². The highest BCUT2D eigenvalue weighted by molar-refractivity contribution is 5.79. The predicted molar refractivity (Wildman–Crippen MR) is 59.9 cm³/mol. The molecule has 0 aromatic rings. The van der Waals surface area contributed by atoms with Crippen molar-refractivity contribution >= 4 is 5.96 Å². The van der Waals surface area contributed by atoms with E-state index in [4.69, 9.17) is 5.84 Å². The van der Waals surface area contributed by atoms with Gasteiger partial charge in [-0.1, -0.05) is 20.3 Å². The van der Waals surface area contributed by atoms with Crippen LogP contribution in [0.15, 0.2) is 4.99 Å². The molecule has 1 rings (SSSR count). The number of hydrogen-bond donors (Lipinski definition) is 2. The Morgan fingerprint density at radius 3 is 2.93 bits per heavy atom. The van der Waals surface area contributed by atoms with Crippen LogP contribution in [-0.2, 0) is 0 Å². The SMILES string of the molecule is CCCCN=C(NN)N1CCC(C)C1. The van der Waals surface area contributed by atoms with Gasteiger partial charge in [-0.25, -0.2) is 5.84 Å². The van der Waals surface area contributed by atoms with Gasteiger partial charge in [-0.05, 0) is 18.8 Å². The van der Waals surface area contributed by atoms with E-state index in [1.807, 2.05) is 0 Å². The quantitative estimate of drug-likeness (QED) is 0.233. The second-order valence-electron chi connectivity index (χ2n) is 4.04. The molecule has 3 N–H and O–H groups in total. The van der Waals surface area contributed by atoms with Crippen molar-refractivity contribution < 1.29 is 0 Å². The monoisotopic (exact) mass is 198 g/mol. The fourth-order valence-corrected chi connectivity index (χ4v) is 1.71. The summed E-state index contributed by atoms with van der Waals surface area (Å²) in [7, 11) is 0. The highest BCUT2D eigenvalue weighted by atomic mass is 15.4. The van der Waals surface area contributed by atoms with Gasteiger partial charge in [-0.2, -0.15) is 0 Å². The van der Waals surface area contributed by atoms with Crippen molar-refractivity contribution in [3.05, 3.63) is 0 Å². The molecule has 1 unspecified atom stereocenters. The molecule has 4 heteroatoms. The first-order valence-electron chi connectivity index (χ1n) is 5.54. The Kier molecular flexibility index (Phi) is 4.73. The molecule has 0 bridgehead atoms. The molecule has 82 valence electrons. The highest BCUT2D eigenvalue weighted by Crippen LogP contribution is 2.14.